The van der Waals surface area contributed by atoms with Crippen molar-refractivity contribution in [2.45, 2.75) is 24.8 Å². The van der Waals surface area contributed by atoms with Gasteiger partial charge in [-0.1, -0.05) is 0 Å². The fourth-order valence-corrected chi connectivity index (χ4v) is 2.91. The van der Waals surface area contributed by atoms with Gasteiger partial charge in [0.1, 0.15) is 11.5 Å². The Kier molecular flexibility index (Phi) is 3.92. The SMILES string of the molecule is Cc1ccc(C(C)NS(=O)(=O)c2ccc(F)c(F)c2)o1. The van der Waals surface area contributed by atoms with E-state index in [1.54, 1.807) is 26.0 Å². The zero-order valence-corrected chi connectivity index (χ0v) is 11.7. The molecule has 0 saturated heterocycles. The van der Waals surface area contributed by atoms with Crippen LogP contribution in [0.3, 0.4) is 0 Å². The summed E-state index contributed by atoms with van der Waals surface area (Å²) in [6.07, 6.45) is 0. The summed E-state index contributed by atoms with van der Waals surface area (Å²) in [5.74, 6) is -1.22. The number of nitrogens with one attached hydrogen (secondary N) is 1. The molecule has 0 fully saturated rings. The van der Waals surface area contributed by atoms with Gasteiger partial charge < -0.3 is 4.42 Å². The summed E-state index contributed by atoms with van der Waals surface area (Å²) in [6, 6.07) is 5.14. The van der Waals surface area contributed by atoms with Crippen molar-refractivity contribution in [2.75, 3.05) is 0 Å². The molecule has 1 heterocycles. The molecule has 0 spiro atoms. The maximum absolute atomic E-state index is 13.1. The van der Waals surface area contributed by atoms with Crippen LogP contribution >= 0.6 is 0 Å². The Morgan fingerprint density at radius 1 is 1.15 bits per heavy atom. The van der Waals surface area contributed by atoms with Crippen molar-refractivity contribution >= 4 is 10.0 Å². The Balaban J connectivity index is 2.24. The Morgan fingerprint density at radius 3 is 2.40 bits per heavy atom. The number of halogens is 2. The highest BCUT2D eigenvalue weighted by atomic mass is 32.2. The molecule has 7 heteroatoms. The molecule has 108 valence electrons. The number of furan rings is 1. The zero-order chi connectivity index (χ0) is 14.9. The van der Waals surface area contributed by atoms with Crippen LogP contribution in [0.2, 0.25) is 0 Å². The quantitative estimate of drug-likeness (QED) is 0.944. The Bertz CT molecular complexity index is 725. The number of hydrogen-bond donors (Lipinski definition) is 1. The third-order valence-corrected chi connectivity index (χ3v) is 4.26. The number of hydrogen-bond acceptors (Lipinski definition) is 3. The van der Waals surface area contributed by atoms with Crippen LogP contribution in [0.1, 0.15) is 24.5 Å². The predicted molar refractivity (Wildman–Crippen MR) is 68.5 cm³/mol. The second-order valence-corrected chi connectivity index (χ2v) is 6.08. The molecule has 1 unspecified atom stereocenters. The number of benzene rings is 1. The molecule has 0 radical (unpaired) electrons. The first-order valence-electron chi connectivity index (χ1n) is 5.83. The molecule has 0 aliphatic heterocycles. The fraction of sp³-hybridized carbons (Fsp3) is 0.231. The first-order valence-corrected chi connectivity index (χ1v) is 7.31. The molecule has 1 atom stereocenters. The van der Waals surface area contributed by atoms with Crippen LogP contribution in [0.15, 0.2) is 39.6 Å². The Hall–Kier alpha value is -1.73. The molecule has 0 saturated carbocycles. The van der Waals surface area contributed by atoms with Gasteiger partial charge in [0.05, 0.1) is 10.9 Å². The third kappa shape index (κ3) is 3.05. The molecule has 20 heavy (non-hydrogen) atoms. The van der Waals surface area contributed by atoms with Gasteiger partial charge in [-0.3, -0.25) is 0 Å². The lowest BCUT2D eigenvalue weighted by Crippen LogP contribution is -2.26. The summed E-state index contributed by atoms with van der Waals surface area (Å²) in [7, 11) is -3.95. The molecule has 0 bridgehead atoms. The van der Waals surface area contributed by atoms with E-state index < -0.39 is 27.7 Å². The van der Waals surface area contributed by atoms with Gasteiger partial charge in [-0.05, 0) is 44.2 Å². The second kappa shape index (κ2) is 5.34. The van der Waals surface area contributed by atoms with Crippen LogP contribution in [0.25, 0.3) is 0 Å². The van der Waals surface area contributed by atoms with Crippen molar-refractivity contribution in [3.63, 3.8) is 0 Å². The normalized spacial score (nSPS) is 13.4. The highest BCUT2D eigenvalue weighted by Gasteiger charge is 2.21. The molecule has 4 nitrogen and oxygen atoms in total. The van der Waals surface area contributed by atoms with E-state index in [0.717, 1.165) is 12.1 Å². The lowest BCUT2D eigenvalue weighted by Gasteiger charge is -2.12. The standard InChI is InChI=1S/C13H13F2NO3S/c1-8-3-6-13(19-8)9(2)16-20(17,18)10-4-5-11(14)12(15)7-10/h3-7,9,16H,1-2H3. The average molecular weight is 301 g/mol. The van der Waals surface area contributed by atoms with E-state index in [4.69, 9.17) is 4.42 Å². The largest absolute Gasteiger partial charge is 0.465 e. The maximum Gasteiger partial charge on any atom is 0.241 e. The molecule has 0 amide bonds. The molecular formula is C13H13F2NO3S. The lowest BCUT2D eigenvalue weighted by molar-refractivity contribution is 0.441. The second-order valence-electron chi connectivity index (χ2n) is 4.37. The van der Waals surface area contributed by atoms with Gasteiger partial charge in [0.25, 0.3) is 0 Å². The van der Waals surface area contributed by atoms with Crippen LogP contribution < -0.4 is 4.72 Å². The minimum Gasteiger partial charge on any atom is -0.465 e. The number of sulfonamides is 1. The summed E-state index contributed by atoms with van der Waals surface area (Å²) in [4.78, 5) is -0.341. The topological polar surface area (TPSA) is 59.3 Å². The van der Waals surface area contributed by atoms with Gasteiger partial charge in [0, 0.05) is 0 Å². The summed E-state index contributed by atoms with van der Waals surface area (Å²) in [5, 5.41) is 0. The molecule has 1 aromatic heterocycles. The van der Waals surface area contributed by atoms with Crippen molar-refractivity contribution in [1.82, 2.24) is 4.72 Å². The highest BCUT2D eigenvalue weighted by Crippen LogP contribution is 2.20. The molecule has 2 rings (SSSR count). The average Bonchev–Trinajstić information content (AvgIpc) is 2.79. The monoisotopic (exact) mass is 301 g/mol. The van der Waals surface area contributed by atoms with E-state index in [9.17, 15) is 17.2 Å². The Morgan fingerprint density at radius 2 is 1.85 bits per heavy atom. The Labute approximate surface area is 115 Å². The zero-order valence-electron chi connectivity index (χ0n) is 10.9. The van der Waals surface area contributed by atoms with E-state index in [-0.39, 0.29) is 4.90 Å². The molecule has 0 aliphatic rings. The van der Waals surface area contributed by atoms with E-state index in [1.807, 2.05) is 0 Å². The third-order valence-electron chi connectivity index (χ3n) is 2.72. The molecule has 2 aromatic rings. The van der Waals surface area contributed by atoms with Crippen LogP contribution in [-0.4, -0.2) is 8.42 Å². The van der Waals surface area contributed by atoms with Crippen LogP contribution in [0.5, 0.6) is 0 Å². The maximum atomic E-state index is 13.1. The summed E-state index contributed by atoms with van der Waals surface area (Å²) < 4.78 is 57.6. The van der Waals surface area contributed by atoms with Crippen molar-refractivity contribution in [1.29, 1.82) is 0 Å². The summed E-state index contributed by atoms with van der Waals surface area (Å²) in [6.45, 7) is 3.33. The van der Waals surface area contributed by atoms with Crippen LogP contribution in [0.4, 0.5) is 8.78 Å². The van der Waals surface area contributed by atoms with Crippen molar-refractivity contribution in [3.8, 4) is 0 Å². The molecular weight excluding hydrogens is 288 g/mol. The van der Waals surface area contributed by atoms with Gasteiger partial charge in [0.2, 0.25) is 10.0 Å². The van der Waals surface area contributed by atoms with Crippen molar-refractivity contribution in [2.24, 2.45) is 0 Å². The number of aryl methyl sites for hydroxylation is 1. The van der Waals surface area contributed by atoms with Gasteiger partial charge in [-0.2, -0.15) is 0 Å². The smallest absolute Gasteiger partial charge is 0.241 e. The van der Waals surface area contributed by atoms with Crippen LogP contribution in [-0.2, 0) is 10.0 Å². The summed E-state index contributed by atoms with van der Waals surface area (Å²) >= 11 is 0. The van der Waals surface area contributed by atoms with Gasteiger partial charge in [-0.15, -0.1) is 0 Å². The van der Waals surface area contributed by atoms with Gasteiger partial charge in [-0.25, -0.2) is 21.9 Å². The van der Waals surface area contributed by atoms with Gasteiger partial charge >= 0.3 is 0 Å². The fourth-order valence-electron chi connectivity index (χ4n) is 1.69. The highest BCUT2D eigenvalue weighted by molar-refractivity contribution is 7.89. The molecule has 1 N–H and O–H groups in total. The number of rotatable bonds is 4. The minimum atomic E-state index is -3.95. The van der Waals surface area contributed by atoms with Crippen LogP contribution in [0, 0.1) is 18.6 Å². The van der Waals surface area contributed by atoms with E-state index in [1.165, 1.54) is 0 Å². The van der Waals surface area contributed by atoms with Crippen molar-refractivity contribution < 1.29 is 21.6 Å². The molecule has 0 aliphatic carbocycles. The van der Waals surface area contributed by atoms with E-state index in [0.29, 0.717) is 17.6 Å². The first-order chi connectivity index (χ1) is 9.29. The summed E-state index contributed by atoms with van der Waals surface area (Å²) in [5.41, 5.74) is 0. The molecule has 1 aromatic carbocycles. The minimum absolute atomic E-state index is 0.341. The first kappa shape index (κ1) is 14.7. The predicted octanol–water partition coefficient (Wildman–Crippen LogP) is 2.91. The lowest BCUT2D eigenvalue weighted by atomic mass is 10.3. The van der Waals surface area contributed by atoms with E-state index in [2.05, 4.69) is 4.72 Å². The van der Waals surface area contributed by atoms with Crippen molar-refractivity contribution in [3.05, 3.63) is 53.5 Å². The van der Waals surface area contributed by atoms with E-state index >= 15 is 0 Å². The van der Waals surface area contributed by atoms with Gasteiger partial charge in [0.15, 0.2) is 11.6 Å².